The van der Waals surface area contributed by atoms with E-state index in [4.69, 9.17) is 4.74 Å². The Morgan fingerprint density at radius 1 is 1.16 bits per heavy atom. The maximum atomic E-state index is 14.0. The average Bonchev–Trinajstić information content (AvgIpc) is 2.61. The van der Waals surface area contributed by atoms with Crippen molar-refractivity contribution in [2.75, 3.05) is 13.7 Å². The van der Waals surface area contributed by atoms with Crippen LogP contribution in [0, 0.1) is 5.82 Å². The minimum Gasteiger partial charge on any atom is -0.494 e. The Morgan fingerprint density at radius 3 is 2.52 bits per heavy atom. The normalized spacial score (nSPS) is 11.6. The molecular weight excluding hydrogens is 325 g/mol. The zero-order chi connectivity index (χ0) is 18.2. The Hall–Kier alpha value is -2.89. The van der Waals surface area contributed by atoms with E-state index in [2.05, 4.69) is 5.32 Å². The zero-order valence-electron chi connectivity index (χ0n) is 13.9. The molecule has 1 unspecified atom stereocenters. The van der Waals surface area contributed by atoms with Crippen LogP contribution in [0.4, 0.5) is 4.39 Å². The van der Waals surface area contributed by atoms with Crippen LogP contribution in [-0.2, 0) is 16.0 Å². The van der Waals surface area contributed by atoms with E-state index in [9.17, 15) is 19.1 Å². The Bertz CT molecular complexity index is 733. The standard InChI is InChI=1S/C19H20FNO4/c1-25-16-9-5-8-14(18(16)20)10-11-17(22)21-12-15(19(23)24)13-6-3-2-4-7-13/h2-9,15H,10-12H2,1H3,(H,21,22)(H,23,24). The molecule has 0 saturated heterocycles. The van der Waals surface area contributed by atoms with Crippen LogP contribution in [0.1, 0.15) is 23.5 Å². The van der Waals surface area contributed by atoms with E-state index in [0.29, 0.717) is 11.1 Å². The SMILES string of the molecule is COc1cccc(CCC(=O)NCC(C(=O)O)c2ccccc2)c1F. The van der Waals surface area contributed by atoms with Gasteiger partial charge in [0.2, 0.25) is 5.91 Å². The summed E-state index contributed by atoms with van der Waals surface area (Å²) in [4.78, 5) is 23.4. The van der Waals surface area contributed by atoms with Gasteiger partial charge in [-0.1, -0.05) is 42.5 Å². The highest BCUT2D eigenvalue weighted by atomic mass is 19.1. The summed E-state index contributed by atoms with van der Waals surface area (Å²) >= 11 is 0. The van der Waals surface area contributed by atoms with Gasteiger partial charge in [-0.3, -0.25) is 9.59 Å². The van der Waals surface area contributed by atoms with Crippen molar-refractivity contribution in [1.29, 1.82) is 0 Å². The molecule has 0 saturated carbocycles. The first-order valence-corrected chi connectivity index (χ1v) is 7.88. The number of hydrogen-bond acceptors (Lipinski definition) is 3. The molecule has 2 aromatic rings. The molecule has 0 heterocycles. The number of aryl methyl sites for hydroxylation is 1. The lowest BCUT2D eigenvalue weighted by molar-refractivity contribution is -0.138. The van der Waals surface area contributed by atoms with Gasteiger partial charge in [-0.25, -0.2) is 4.39 Å². The van der Waals surface area contributed by atoms with E-state index in [1.165, 1.54) is 13.2 Å². The molecule has 0 aliphatic rings. The largest absolute Gasteiger partial charge is 0.494 e. The summed E-state index contributed by atoms with van der Waals surface area (Å²) in [5, 5.41) is 11.9. The van der Waals surface area contributed by atoms with Gasteiger partial charge in [0.1, 0.15) is 0 Å². The Morgan fingerprint density at radius 2 is 1.88 bits per heavy atom. The molecule has 2 N–H and O–H groups in total. The van der Waals surface area contributed by atoms with Crippen LogP contribution in [0.25, 0.3) is 0 Å². The van der Waals surface area contributed by atoms with Crippen molar-refractivity contribution in [1.82, 2.24) is 5.32 Å². The second kappa shape index (κ2) is 8.82. The predicted molar refractivity (Wildman–Crippen MR) is 91.1 cm³/mol. The fourth-order valence-electron chi connectivity index (χ4n) is 2.49. The smallest absolute Gasteiger partial charge is 0.312 e. The van der Waals surface area contributed by atoms with Crippen molar-refractivity contribution in [2.24, 2.45) is 0 Å². The fourth-order valence-corrected chi connectivity index (χ4v) is 2.49. The average molecular weight is 345 g/mol. The Labute approximate surface area is 145 Å². The molecule has 6 heteroatoms. The summed E-state index contributed by atoms with van der Waals surface area (Å²) in [6.45, 7) is -0.0151. The number of aliphatic carboxylic acids is 1. The summed E-state index contributed by atoms with van der Waals surface area (Å²) < 4.78 is 18.9. The number of carbonyl (C=O) groups excluding carboxylic acids is 1. The quantitative estimate of drug-likeness (QED) is 0.771. The monoisotopic (exact) mass is 345 g/mol. The number of benzene rings is 2. The van der Waals surface area contributed by atoms with Gasteiger partial charge < -0.3 is 15.2 Å². The van der Waals surface area contributed by atoms with Crippen LogP contribution < -0.4 is 10.1 Å². The van der Waals surface area contributed by atoms with Gasteiger partial charge in [-0.05, 0) is 23.6 Å². The topological polar surface area (TPSA) is 75.6 Å². The van der Waals surface area contributed by atoms with Gasteiger partial charge in [-0.15, -0.1) is 0 Å². The maximum absolute atomic E-state index is 14.0. The van der Waals surface area contributed by atoms with Crippen molar-refractivity contribution in [2.45, 2.75) is 18.8 Å². The Balaban J connectivity index is 1.91. The van der Waals surface area contributed by atoms with E-state index in [-0.39, 0.29) is 31.0 Å². The van der Waals surface area contributed by atoms with Crippen molar-refractivity contribution in [3.63, 3.8) is 0 Å². The summed E-state index contributed by atoms with van der Waals surface area (Å²) in [6, 6.07) is 13.5. The third-order valence-corrected chi connectivity index (χ3v) is 3.89. The molecule has 132 valence electrons. The molecule has 2 aromatic carbocycles. The molecule has 1 atom stereocenters. The minimum absolute atomic E-state index is 0.0151. The lowest BCUT2D eigenvalue weighted by Crippen LogP contribution is -2.31. The highest BCUT2D eigenvalue weighted by Gasteiger charge is 2.20. The van der Waals surface area contributed by atoms with E-state index in [1.54, 1.807) is 42.5 Å². The molecular formula is C19H20FNO4. The van der Waals surface area contributed by atoms with Gasteiger partial charge in [0, 0.05) is 13.0 Å². The van der Waals surface area contributed by atoms with Gasteiger partial charge in [0.25, 0.3) is 0 Å². The summed E-state index contributed by atoms with van der Waals surface area (Å²) in [7, 11) is 1.38. The maximum Gasteiger partial charge on any atom is 0.312 e. The van der Waals surface area contributed by atoms with Crippen molar-refractivity contribution < 1.29 is 23.8 Å². The summed E-state index contributed by atoms with van der Waals surface area (Å²) in [5.74, 6) is -2.51. The lowest BCUT2D eigenvalue weighted by Gasteiger charge is -2.14. The van der Waals surface area contributed by atoms with Crippen LogP contribution >= 0.6 is 0 Å². The molecule has 0 spiro atoms. The molecule has 0 bridgehead atoms. The van der Waals surface area contributed by atoms with Crippen LogP contribution in [0.15, 0.2) is 48.5 Å². The molecule has 0 radical (unpaired) electrons. The van der Waals surface area contributed by atoms with E-state index in [1.807, 2.05) is 0 Å². The molecule has 25 heavy (non-hydrogen) atoms. The number of amides is 1. The van der Waals surface area contributed by atoms with Crippen molar-refractivity contribution in [3.8, 4) is 5.75 Å². The second-order valence-electron chi connectivity index (χ2n) is 5.54. The molecule has 5 nitrogen and oxygen atoms in total. The van der Waals surface area contributed by atoms with Gasteiger partial charge >= 0.3 is 5.97 Å². The number of carboxylic acids is 1. The fraction of sp³-hybridized carbons (Fsp3) is 0.263. The number of carbonyl (C=O) groups is 2. The Kier molecular flexibility index (Phi) is 6.51. The number of ether oxygens (including phenoxy) is 1. The zero-order valence-corrected chi connectivity index (χ0v) is 13.9. The molecule has 0 aromatic heterocycles. The van der Waals surface area contributed by atoms with Crippen molar-refractivity contribution in [3.05, 3.63) is 65.5 Å². The highest BCUT2D eigenvalue weighted by molar-refractivity contribution is 5.80. The first kappa shape index (κ1) is 18.4. The second-order valence-corrected chi connectivity index (χ2v) is 5.54. The number of methoxy groups -OCH3 is 1. The van der Waals surface area contributed by atoms with Gasteiger partial charge in [0.15, 0.2) is 11.6 Å². The van der Waals surface area contributed by atoms with E-state index < -0.39 is 17.7 Å². The molecule has 0 fully saturated rings. The summed E-state index contributed by atoms with van der Waals surface area (Å²) in [5.41, 5.74) is 1.00. The highest BCUT2D eigenvalue weighted by Crippen LogP contribution is 2.21. The van der Waals surface area contributed by atoms with E-state index in [0.717, 1.165) is 0 Å². The first-order valence-electron chi connectivity index (χ1n) is 7.88. The van der Waals surface area contributed by atoms with Crippen LogP contribution in [0.3, 0.4) is 0 Å². The summed E-state index contributed by atoms with van der Waals surface area (Å²) in [6.07, 6.45) is 0.267. The number of hydrogen-bond donors (Lipinski definition) is 2. The third-order valence-electron chi connectivity index (χ3n) is 3.89. The van der Waals surface area contributed by atoms with Crippen LogP contribution in [-0.4, -0.2) is 30.6 Å². The number of nitrogens with one attached hydrogen (secondary N) is 1. The minimum atomic E-state index is -1.01. The van der Waals surface area contributed by atoms with Crippen LogP contribution in [0.5, 0.6) is 5.75 Å². The molecule has 1 amide bonds. The first-order chi connectivity index (χ1) is 12.0. The number of rotatable bonds is 8. The molecule has 2 rings (SSSR count). The van der Waals surface area contributed by atoms with Gasteiger partial charge in [0.05, 0.1) is 13.0 Å². The van der Waals surface area contributed by atoms with Crippen LogP contribution in [0.2, 0.25) is 0 Å². The van der Waals surface area contributed by atoms with E-state index >= 15 is 0 Å². The van der Waals surface area contributed by atoms with Crippen molar-refractivity contribution >= 4 is 11.9 Å². The predicted octanol–water partition coefficient (Wildman–Crippen LogP) is 2.75. The molecule has 0 aliphatic heterocycles. The van der Waals surface area contributed by atoms with Gasteiger partial charge in [-0.2, -0.15) is 0 Å². The third kappa shape index (κ3) is 5.04. The number of carboxylic acid groups (broad SMARTS) is 1. The number of halogens is 1. The lowest BCUT2D eigenvalue weighted by atomic mass is 9.99. The molecule has 0 aliphatic carbocycles.